The highest BCUT2D eigenvalue weighted by atomic mass is 79.9. The Morgan fingerprint density at radius 1 is 1.29 bits per heavy atom. The van der Waals surface area contributed by atoms with Gasteiger partial charge < -0.3 is 5.11 Å². The van der Waals surface area contributed by atoms with E-state index >= 15 is 0 Å². The van der Waals surface area contributed by atoms with E-state index in [9.17, 15) is 12.8 Å². The van der Waals surface area contributed by atoms with Crippen LogP contribution in [-0.4, -0.2) is 13.5 Å². The molecule has 2 N–H and O–H groups in total. The Hall–Kier alpha value is -1.44. The number of hydrogen-bond donors (Lipinski definition) is 2. The van der Waals surface area contributed by atoms with Crippen LogP contribution >= 0.6 is 15.9 Å². The first kappa shape index (κ1) is 15.9. The predicted octanol–water partition coefficient (Wildman–Crippen LogP) is 3.19. The highest BCUT2D eigenvalue weighted by Crippen LogP contribution is 2.27. The molecule has 0 saturated carbocycles. The molecule has 0 unspecified atom stereocenters. The van der Waals surface area contributed by atoms with Gasteiger partial charge in [0, 0.05) is 10.0 Å². The Morgan fingerprint density at radius 3 is 2.67 bits per heavy atom. The average molecular weight is 374 g/mol. The predicted molar refractivity (Wildman–Crippen MR) is 82.0 cm³/mol. The second-order valence-electron chi connectivity index (χ2n) is 4.44. The third-order valence-corrected chi connectivity index (χ3v) is 5.34. The number of aliphatic hydroxyl groups excluding tert-OH is 1. The van der Waals surface area contributed by atoms with E-state index in [0.717, 1.165) is 0 Å². The zero-order valence-corrected chi connectivity index (χ0v) is 13.5. The van der Waals surface area contributed by atoms with Crippen molar-refractivity contribution in [3.63, 3.8) is 0 Å². The van der Waals surface area contributed by atoms with E-state index in [0.29, 0.717) is 10.0 Å². The zero-order chi connectivity index (χ0) is 15.6. The number of benzene rings is 2. The summed E-state index contributed by atoms with van der Waals surface area (Å²) in [4.78, 5) is -0.0160. The minimum atomic E-state index is -3.89. The molecule has 2 rings (SSSR count). The standard InChI is InChI=1S/C14H13BrFNO3S/c1-9-12(16)3-2-4-13(9)17-21(19,20)14-7-10(8-18)5-6-11(14)15/h2-7,17-18H,8H2,1H3. The largest absolute Gasteiger partial charge is 0.392 e. The number of rotatable bonds is 4. The molecule has 0 fully saturated rings. The van der Waals surface area contributed by atoms with Crippen LogP contribution in [0.25, 0.3) is 0 Å². The second-order valence-corrected chi connectivity index (χ2v) is 6.95. The molecule has 0 radical (unpaired) electrons. The quantitative estimate of drug-likeness (QED) is 0.864. The van der Waals surface area contributed by atoms with Crippen LogP contribution in [0.5, 0.6) is 0 Å². The van der Waals surface area contributed by atoms with Crippen molar-refractivity contribution in [2.45, 2.75) is 18.4 Å². The van der Waals surface area contributed by atoms with E-state index in [4.69, 9.17) is 5.11 Å². The van der Waals surface area contributed by atoms with E-state index in [2.05, 4.69) is 20.7 Å². The summed E-state index contributed by atoms with van der Waals surface area (Å²) in [7, 11) is -3.89. The fourth-order valence-corrected chi connectivity index (χ4v) is 3.91. The Bertz CT molecular complexity index is 778. The number of nitrogens with one attached hydrogen (secondary N) is 1. The normalized spacial score (nSPS) is 11.4. The second kappa shape index (κ2) is 6.13. The summed E-state index contributed by atoms with van der Waals surface area (Å²) in [5.41, 5.74) is 0.862. The first-order valence-electron chi connectivity index (χ1n) is 6.02. The molecule has 0 aliphatic carbocycles. The molecule has 4 nitrogen and oxygen atoms in total. The van der Waals surface area contributed by atoms with E-state index in [1.807, 2.05) is 0 Å². The molecular weight excluding hydrogens is 361 g/mol. The third-order valence-electron chi connectivity index (χ3n) is 2.98. The fourth-order valence-electron chi connectivity index (χ4n) is 1.77. The van der Waals surface area contributed by atoms with E-state index < -0.39 is 15.8 Å². The zero-order valence-electron chi connectivity index (χ0n) is 11.1. The lowest BCUT2D eigenvalue weighted by atomic mass is 10.2. The summed E-state index contributed by atoms with van der Waals surface area (Å²) >= 11 is 3.17. The molecule has 0 saturated heterocycles. The summed E-state index contributed by atoms with van der Waals surface area (Å²) in [5, 5.41) is 9.11. The van der Waals surface area contributed by atoms with Crippen LogP contribution in [0.4, 0.5) is 10.1 Å². The Kier molecular flexibility index (Phi) is 4.65. The lowest BCUT2D eigenvalue weighted by molar-refractivity contribution is 0.281. The van der Waals surface area contributed by atoms with Crippen molar-refractivity contribution in [2.24, 2.45) is 0 Å². The molecule has 0 amide bonds. The Morgan fingerprint density at radius 2 is 2.00 bits per heavy atom. The first-order valence-corrected chi connectivity index (χ1v) is 8.30. The molecule has 0 aromatic heterocycles. The van der Waals surface area contributed by atoms with Gasteiger partial charge in [-0.15, -0.1) is 0 Å². The van der Waals surface area contributed by atoms with Gasteiger partial charge in [-0.2, -0.15) is 0 Å². The van der Waals surface area contributed by atoms with Crippen LogP contribution in [0.15, 0.2) is 45.8 Å². The van der Waals surface area contributed by atoms with Gasteiger partial charge in [0.2, 0.25) is 0 Å². The summed E-state index contributed by atoms with van der Waals surface area (Å²) < 4.78 is 41.0. The monoisotopic (exact) mass is 373 g/mol. The minimum Gasteiger partial charge on any atom is -0.392 e. The molecule has 21 heavy (non-hydrogen) atoms. The molecule has 0 aliphatic heterocycles. The van der Waals surface area contributed by atoms with Crippen molar-refractivity contribution in [3.05, 3.63) is 57.8 Å². The molecule has 7 heteroatoms. The number of aliphatic hydroxyl groups is 1. The number of halogens is 2. The Balaban J connectivity index is 2.46. The lowest BCUT2D eigenvalue weighted by Gasteiger charge is -2.13. The van der Waals surface area contributed by atoms with Crippen molar-refractivity contribution in [1.82, 2.24) is 0 Å². The molecule has 0 spiro atoms. The van der Waals surface area contributed by atoms with Crippen molar-refractivity contribution < 1.29 is 17.9 Å². The van der Waals surface area contributed by atoms with Crippen LogP contribution in [-0.2, 0) is 16.6 Å². The summed E-state index contributed by atoms with van der Waals surface area (Å²) in [6, 6.07) is 8.69. The maximum absolute atomic E-state index is 13.5. The maximum Gasteiger partial charge on any atom is 0.263 e. The van der Waals surface area contributed by atoms with Gasteiger partial charge >= 0.3 is 0 Å². The average Bonchev–Trinajstić information content (AvgIpc) is 2.44. The highest BCUT2D eigenvalue weighted by molar-refractivity contribution is 9.10. The molecule has 0 aliphatic rings. The Labute approximate surface area is 130 Å². The minimum absolute atomic E-state index is 0.0160. The first-order chi connectivity index (χ1) is 9.85. The molecular formula is C14H13BrFNO3S. The van der Waals surface area contributed by atoms with Gasteiger partial charge in [0.25, 0.3) is 10.0 Å². The number of hydrogen-bond acceptors (Lipinski definition) is 3. The van der Waals surface area contributed by atoms with Crippen LogP contribution in [0.1, 0.15) is 11.1 Å². The molecule has 2 aromatic rings. The maximum atomic E-state index is 13.5. The van der Waals surface area contributed by atoms with Gasteiger partial charge in [-0.3, -0.25) is 4.72 Å². The van der Waals surface area contributed by atoms with Crippen LogP contribution in [0.2, 0.25) is 0 Å². The van der Waals surface area contributed by atoms with Gasteiger partial charge in [0.15, 0.2) is 0 Å². The summed E-state index contributed by atoms with van der Waals surface area (Å²) in [6.45, 7) is 1.22. The van der Waals surface area contributed by atoms with Crippen molar-refractivity contribution in [2.75, 3.05) is 4.72 Å². The van der Waals surface area contributed by atoms with Crippen molar-refractivity contribution in [3.8, 4) is 0 Å². The van der Waals surface area contributed by atoms with Gasteiger partial charge in [-0.25, -0.2) is 12.8 Å². The van der Waals surface area contributed by atoms with Gasteiger partial charge in [0.05, 0.1) is 12.3 Å². The molecule has 112 valence electrons. The van der Waals surface area contributed by atoms with Gasteiger partial charge in [0.1, 0.15) is 10.7 Å². The summed E-state index contributed by atoms with van der Waals surface area (Å²) in [6.07, 6.45) is 0. The van der Waals surface area contributed by atoms with Crippen LogP contribution < -0.4 is 4.72 Å². The SMILES string of the molecule is Cc1c(F)cccc1NS(=O)(=O)c1cc(CO)ccc1Br. The van der Waals surface area contributed by atoms with Crippen LogP contribution in [0.3, 0.4) is 0 Å². The van der Waals surface area contributed by atoms with E-state index in [-0.39, 0.29) is 22.8 Å². The smallest absolute Gasteiger partial charge is 0.263 e. The topological polar surface area (TPSA) is 66.4 Å². The van der Waals surface area contributed by atoms with E-state index in [1.165, 1.54) is 31.2 Å². The highest BCUT2D eigenvalue weighted by Gasteiger charge is 2.19. The van der Waals surface area contributed by atoms with Gasteiger partial charge in [-0.05, 0) is 52.7 Å². The van der Waals surface area contributed by atoms with E-state index in [1.54, 1.807) is 12.1 Å². The lowest BCUT2D eigenvalue weighted by Crippen LogP contribution is -2.15. The molecule has 0 bridgehead atoms. The molecule has 2 aromatic carbocycles. The van der Waals surface area contributed by atoms with Crippen LogP contribution in [0, 0.1) is 12.7 Å². The van der Waals surface area contributed by atoms with Crippen molar-refractivity contribution in [1.29, 1.82) is 0 Å². The molecule has 0 heterocycles. The number of anilines is 1. The molecule has 0 atom stereocenters. The number of sulfonamides is 1. The van der Waals surface area contributed by atoms with Crippen molar-refractivity contribution >= 4 is 31.6 Å². The fraction of sp³-hybridized carbons (Fsp3) is 0.143. The summed E-state index contributed by atoms with van der Waals surface area (Å²) in [5.74, 6) is -0.488. The third kappa shape index (κ3) is 3.42. The van der Waals surface area contributed by atoms with Gasteiger partial charge in [-0.1, -0.05) is 12.1 Å².